The molecule has 0 radical (unpaired) electrons. The Labute approximate surface area is 113 Å². The van der Waals surface area contributed by atoms with E-state index in [1.165, 1.54) is 0 Å². The van der Waals surface area contributed by atoms with Gasteiger partial charge in [0.15, 0.2) is 6.29 Å². The minimum atomic E-state index is -4.80. The van der Waals surface area contributed by atoms with Crippen LogP contribution in [-0.2, 0) is 18.4 Å². The Hall–Kier alpha value is 0.1000. The molecule has 0 aromatic carbocycles. The molecule has 1 heterocycles. The monoisotopic (exact) mass is 337 g/mol. The zero-order valence-corrected chi connectivity index (χ0v) is 12.1. The summed E-state index contributed by atoms with van der Waals surface area (Å²) in [6.45, 7) is 0.136. The molecule has 0 aromatic rings. The first-order valence-corrected chi connectivity index (χ1v) is 9.02. The molecule has 1 aliphatic heterocycles. The van der Waals surface area contributed by atoms with Crippen LogP contribution >= 0.6 is 15.3 Å². The molecule has 13 heteroatoms. The van der Waals surface area contributed by atoms with Gasteiger partial charge in [0.05, 0.1) is 12.6 Å². The lowest BCUT2D eigenvalue weighted by Gasteiger charge is -2.41. The Balaban J connectivity index is 2.71. The Bertz CT molecular complexity index is 418. The van der Waals surface area contributed by atoms with Gasteiger partial charge in [-0.25, -0.2) is 9.65 Å². The number of ether oxygens (including phenoxy) is 1. The normalized spacial score (nSPS) is 38.5. The number of phosphoric acid groups is 1. The number of aliphatic hydroxyl groups excluding tert-OH is 3. The van der Waals surface area contributed by atoms with Gasteiger partial charge in [0.1, 0.15) is 18.3 Å². The molecule has 1 fully saturated rings. The van der Waals surface area contributed by atoms with Crippen LogP contribution in [0.4, 0.5) is 0 Å². The van der Waals surface area contributed by atoms with Crippen molar-refractivity contribution in [2.45, 2.75) is 30.6 Å². The summed E-state index contributed by atoms with van der Waals surface area (Å²) in [5, 5.41) is 31.0. The highest BCUT2D eigenvalue weighted by molar-refractivity contribution is 7.55. The van der Waals surface area contributed by atoms with Crippen molar-refractivity contribution in [1.82, 2.24) is 5.09 Å². The molecular weight excluding hydrogens is 320 g/mol. The van der Waals surface area contributed by atoms with Crippen molar-refractivity contribution in [1.29, 1.82) is 0 Å². The van der Waals surface area contributed by atoms with E-state index in [0.29, 0.717) is 0 Å². The molecule has 1 rings (SSSR count). The van der Waals surface area contributed by atoms with Crippen LogP contribution in [0.15, 0.2) is 0 Å². The Morgan fingerprint density at radius 2 is 1.70 bits per heavy atom. The molecule has 120 valence electrons. The third-order valence-corrected chi connectivity index (χ3v) is 3.78. The molecule has 11 nitrogen and oxygen atoms in total. The van der Waals surface area contributed by atoms with E-state index in [4.69, 9.17) is 19.4 Å². The van der Waals surface area contributed by atoms with Crippen molar-refractivity contribution in [3.05, 3.63) is 0 Å². The van der Waals surface area contributed by atoms with E-state index in [2.05, 4.69) is 4.52 Å². The maximum Gasteiger partial charge on any atom is 0.469 e. The zero-order chi connectivity index (χ0) is 15.7. The SMILES string of the molecule is CP(=O)(O)N[C@H]1C(O)O[C@H](COP(=O)(O)O)[C@@H](O)[C@@H]1O. The van der Waals surface area contributed by atoms with Gasteiger partial charge in [-0.3, -0.25) is 9.09 Å². The second-order valence-corrected chi connectivity index (χ2v) is 7.62. The predicted octanol–water partition coefficient (Wildman–Crippen LogP) is -2.69. The maximum absolute atomic E-state index is 11.2. The van der Waals surface area contributed by atoms with Gasteiger partial charge in [-0.1, -0.05) is 0 Å². The van der Waals surface area contributed by atoms with Crippen LogP contribution < -0.4 is 5.09 Å². The zero-order valence-electron chi connectivity index (χ0n) is 10.3. The number of nitrogens with one attached hydrogen (secondary N) is 1. The van der Waals surface area contributed by atoms with Crippen LogP contribution in [0, 0.1) is 0 Å². The third-order valence-electron chi connectivity index (χ3n) is 2.52. The second-order valence-electron chi connectivity index (χ2n) is 4.37. The van der Waals surface area contributed by atoms with Gasteiger partial charge in [-0.05, 0) is 0 Å². The number of hydrogen-bond acceptors (Lipinski definition) is 7. The fourth-order valence-corrected chi connectivity index (χ4v) is 2.84. The summed E-state index contributed by atoms with van der Waals surface area (Å²) in [4.78, 5) is 26.2. The first-order chi connectivity index (χ1) is 8.91. The molecule has 1 saturated heterocycles. The van der Waals surface area contributed by atoms with E-state index in [-0.39, 0.29) is 0 Å². The lowest BCUT2D eigenvalue weighted by atomic mass is 9.98. The molecule has 7 N–H and O–H groups in total. The fourth-order valence-electron chi connectivity index (χ4n) is 1.67. The van der Waals surface area contributed by atoms with Gasteiger partial charge in [-0.2, -0.15) is 0 Å². The Kier molecular flexibility index (Phi) is 5.87. The highest BCUT2D eigenvalue weighted by atomic mass is 31.2. The molecule has 6 atom stereocenters. The first-order valence-electron chi connectivity index (χ1n) is 5.38. The van der Waals surface area contributed by atoms with Crippen molar-refractivity contribution in [2.24, 2.45) is 0 Å². The van der Waals surface area contributed by atoms with Gasteiger partial charge in [0, 0.05) is 6.66 Å². The predicted molar refractivity (Wildman–Crippen MR) is 63.6 cm³/mol. The topological polar surface area (TPSA) is 186 Å². The van der Waals surface area contributed by atoms with Crippen LogP contribution in [-0.4, -0.2) is 73.9 Å². The highest BCUT2D eigenvalue weighted by Crippen LogP contribution is 2.37. The van der Waals surface area contributed by atoms with Crippen LogP contribution in [0.5, 0.6) is 0 Å². The highest BCUT2D eigenvalue weighted by Gasteiger charge is 2.45. The summed E-state index contributed by atoms with van der Waals surface area (Å²) < 4.78 is 30.6. The van der Waals surface area contributed by atoms with Crippen LogP contribution in [0.2, 0.25) is 0 Å². The van der Waals surface area contributed by atoms with Gasteiger partial charge < -0.3 is 34.7 Å². The molecular formula is C7H17NO10P2. The van der Waals surface area contributed by atoms with Crippen LogP contribution in [0.25, 0.3) is 0 Å². The smallest absolute Gasteiger partial charge is 0.388 e. The fraction of sp³-hybridized carbons (Fsp3) is 1.00. The number of phosphoric ester groups is 1. The minimum Gasteiger partial charge on any atom is -0.388 e. The number of hydrogen-bond donors (Lipinski definition) is 7. The molecule has 0 bridgehead atoms. The Morgan fingerprint density at radius 1 is 1.15 bits per heavy atom. The summed E-state index contributed by atoms with van der Waals surface area (Å²) >= 11 is 0. The van der Waals surface area contributed by atoms with Crippen LogP contribution in [0.1, 0.15) is 0 Å². The average Bonchev–Trinajstić information content (AvgIpc) is 2.25. The van der Waals surface area contributed by atoms with Crippen LogP contribution in [0.3, 0.4) is 0 Å². The largest absolute Gasteiger partial charge is 0.469 e. The minimum absolute atomic E-state index is 0.783. The average molecular weight is 337 g/mol. The van der Waals surface area contributed by atoms with E-state index in [0.717, 1.165) is 6.66 Å². The number of aliphatic hydroxyl groups is 3. The maximum atomic E-state index is 11.2. The third kappa shape index (κ3) is 5.47. The van der Waals surface area contributed by atoms with Gasteiger partial charge in [0.25, 0.3) is 7.52 Å². The lowest BCUT2D eigenvalue weighted by Crippen LogP contribution is -2.62. The van der Waals surface area contributed by atoms with E-state index in [1.807, 2.05) is 5.09 Å². The summed E-state index contributed by atoms with van der Waals surface area (Å²) in [7, 11) is -8.62. The van der Waals surface area contributed by atoms with Gasteiger partial charge in [0.2, 0.25) is 0 Å². The summed E-state index contributed by atoms with van der Waals surface area (Å²) in [6.07, 6.45) is -6.58. The lowest BCUT2D eigenvalue weighted by molar-refractivity contribution is -0.250. The van der Waals surface area contributed by atoms with Crippen molar-refractivity contribution in [2.75, 3.05) is 13.3 Å². The van der Waals surface area contributed by atoms with Crippen molar-refractivity contribution >= 4 is 15.3 Å². The van der Waals surface area contributed by atoms with E-state index in [9.17, 15) is 24.4 Å². The standard InChI is InChI=1S/C7H17NO10P2/c1-19(12,13)8-4-6(10)5(9)3(18-7(4)11)2-17-20(14,15)16/h3-7,9-11H,2H2,1H3,(H2,8,12,13)(H2,14,15,16)/t3-,4-,5-,6-,7?/m1/s1. The van der Waals surface area contributed by atoms with Gasteiger partial charge >= 0.3 is 7.82 Å². The van der Waals surface area contributed by atoms with E-state index < -0.39 is 52.6 Å². The van der Waals surface area contributed by atoms with Crippen molar-refractivity contribution in [3.8, 4) is 0 Å². The van der Waals surface area contributed by atoms with Gasteiger partial charge in [-0.15, -0.1) is 0 Å². The molecule has 20 heavy (non-hydrogen) atoms. The summed E-state index contributed by atoms with van der Waals surface area (Å²) in [5.74, 6) is 0. The molecule has 0 aromatic heterocycles. The Morgan fingerprint density at radius 3 is 2.15 bits per heavy atom. The van der Waals surface area contributed by atoms with Crippen molar-refractivity contribution in [3.63, 3.8) is 0 Å². The van der Waals surface area contributed by atoms with E-state index in [1.54, 1.807) is 0 Å². The number of rotatable bonds is 5. The van der Waals surface area contributed by atoms with Crippen molar-refractivity contribution < 1.29 is 48.4 Å². The first kappa shape index (κ1) is 18.1. The summed E-state index contributed by atoms with van der Waals surface area (Å²) in [5.41, 5.74) is 0. The second kappa shape index (κ2) is 6.47. The quantitative estimate of drug-likeness (QED) is 0.259. The molecule has 0 aliphatic carbocycles. The molecule has 0 saturated carbocycles. The molecule has 0 amide bonds. The molecule has 0 spiro atoms. The summed E-state index contributed by atoms with van der Waals surface area (Å²) in [6, 6.07) is -1.45. The molecule has 1 aliphatic rings. The van der Waals surface area contributed by atoms with E-state index >= 15 is 0 Å². The molecule has 2 unspecified atom stereocenters.